The maximum atomic E-state index is 11.5. The second-order valence-electron chi connectivity index (χ2n) is 2.23. The molecule has 0 spiro atoms. The molecule has 0 amide bonds. The van der Waals surface area contributed by atoms with E-state index < -0.39 is 10.0 Å². The van der Waals surface area contributed by atoms with Crippen LogP contribution in [0.5, 0.6) is 0 Å². The van der Waals surface area contributed by atoms with Crippen LogP contribution in [0.2, 0.25) is 10.0 Å². The molecule has 0 atom stereocenters. The predicted molar refractivity (Wildman–Crippen MR) is 57.2 cm³/mol. The molecule has 3 nitrogen and oxygen atoms in total. The van der Waals surface area contributed by atoms with Crippen molar-refractivity contribution in [3.8, 4) is 0 Å². The Morgan fingerprint density at radius 2 is 1.50 bits per heavy atom. The Morgan fingerprint density at radius 1 is 1.07 bits per heavy atom. The minimum Gasteiger partial charge on any atom is -0.204 e. The van der Waals surface area contributed by atoms with E-state index in [0.717, 1.165) is 0 Å². The summed E-state index contributed by atoms with van der Waals surface area (Å²) in [6.45, 7) is 0. The quantitative estimate of drug-likeness (QED) is 0.785. The van der Waals surface area contributed by atoms with Gasteiger partial charge in [-0.2, -0.15) is 0 Å². The lowest BCUT2D eigenvalue weighted by atomic mass is 10.4. The molecular weight excluding hydrogens is 292 g/mol. The van der Waals surface area contributed by atoms with Gasteiger partial charge in [0.2, 0.25) is 0 Å². The van der Waals surface area contributed by atoms with E-state index in [-0.39, 0.29) is 18.3 Å². The SMILES string of the molecule is O=S(=O)(c1c(Cl)cccc1Cl)N(Cl)Cl. The van der Waals surface area contributed by atoms with Gasteiger partial charge in [-0.15, -0.1) is 0 Å². The van der Waals surface area contributed by atoms with Crippen LogP contribution >= 0.6 is 46.8 Å². The van der Waals surface area contributed by atoms with E-state index in [0.29, 0.717) is 0 Å². The molecule has 0 N–H and O–H groups in total. The van der Waals surface area contributed by atoms with Crippen molar-refractivity contribution in [1.82, 2.24) is 3.34 Å². The molecule has 1 aromatic rings. The van der Waals surface area contributed by atoms with E-state index in [1.54, 1.807) is 0 Å². The van der Waals surface area contributed by atoms with E-state index in [1.165, 1.54) is 18.2 Å². The lowest BCUT2D eigenvalue weighted by Gasteiger charge is -2.09. The summed E-state index contributed by atoms with van der Waals surface area (Å²) in [7, 11) is -4.04. The monoisotopic (exact) mass is 293 g/mol. The van der Waals surface area contributed by atoms with Gasteiger partial charge in [0.15, 0.2) is 0 Å². The van der Waals surface area contributed by atoms with E-state index in [1.807, 2.05) is 0 Å². The summed E-state index contributed by atoms with van der Waals surface area (Å²) >= 11 is 21.6. The van der Waals surface area contributed by atoms with Crippen molar-refractivity contribution in [2.45, 2.75) is 4.90 Å². The van der Waals surface area contributed by atoms with Crippen LogP contribution in [0.1, 0.15) is 0 Å². The number of hydrogen-bond acceptors (Lipinski definition) is 2. The highest BCUT2D eigenvalue weighted by atomic mass is 35.5. The molecule has 0 aromatic heterocycles. The first-order valence-corrected chi connectivity index (χ1v) is 6.05. The van der Waals surface area contributed by atoms with Gasteiger partial charge in [0, 0.05) is 23.6 Å². The highest BCUT2D eigenvalue weighted by Crippen LogP contribution is 2.32. The van der Waals surface area contributed by atoms with Crippen molar-refractivity contribution in [3.63, 3.8) is 0 Å². The lowest BCUT2D eigenvalue weighted by molar-refractivity contribution is 0.579. The number of rotatable bonds is 2. The molecule has 0 bridgehead atoms. The van der Waals surface area contributed by atoms with Crippen LogP contribution in [0.3, 0.4) is 0 Å². The smallest absolute Gasteiger partial charge is 0.204 e. The van der Waals surface area contributed by atoms with Crippen molar-refractivity contribution < 1.29 is 8.42 Å². The van der Waals surface area contributed by atoms with Crippen LogP contribution < -0.4 is 0 Å². The Kier molecular flexibility index (Phi) is 3.91. The zero-order valence-electron chi connectivity index (χ0n) is 6.42. The van der Waals surface area contributed by atoms with Crippen molar-refractivity contribution in [2.24, 2.45) is 0 Å². The zero-order valence-corrected chi connectivity index (χ0v) is 10.3. The van der Waals surface area contributed by atoms with Crippen LogP contribution in [0.25, 0.3) is 0 Å². The van der Waals surface area contributed by atoms with Gasteiger partial charge in [0.1, 0.15) is 4.90 Å². The Labute approximate surface area is 101 Å². The van der Waals surface area contributed by atoms with Gasteiger partial charge in [-0.05, 0) is 15.5 Å². The van der Waals surface area contributed by atoms with Gasteiger partial charge < -0.3 is 0 Å². The maximum Gasteiger partial charge on any atom is 0.273 e. The highest BCUT2D eigenvalue weighted by molar-refractivity contribution is 7.91. The third-order valence-corrected chi connectivity index (χ3v) is 4.62. The summed E-state index contributed by atoms with van der Waals surface area (Å²) in [4.78, 5) is -0.312. The highest BCUT2D eigenvalue weighted by Gasteiger charge is 2.26. The summed E-state index contributed by atoms with van der Waals surface area (Å²) in [5.74, 6) is 0. The van der Waals surface area contributed by atoms with E-state index in [9.17, 15) is 8.42 Å². The molecule has 0 saturated carbocycles. The number of hydrogen-bond donors (Lipinski definition) is 0. The lowest BCUT2D eigenvalue weighted by Crippen LogP contribution is -2.13. The first kappa shape index (κ1) is 12.4. The summed E-state index contributed by atoms with van der Waals surface area (Å²) < 4.78 is 22.9. The van der Waals surface area contributed by atoms with Crippen molar-refractivity contribution in [1.29, 1.82) is 0 Å². The molecule has 0 aliphatic rings. The fourth-order valence-electron chi connectivity index (χ4n) is 0.798. The number of benzene rings is 1. The third kappa shape index (κ3) is 2.27. The number of nitrogens with zero attached hydrogens (tertiary/aromatic N) is 1. The summed E-state index contributed by atoms with van der Waals surface area (Å²) in [5.41, 5.74) is 0. The standard InChI is InChI=1S/C6H3Cl4NO2S/c7-4-2-1-3-5(8)6(4)14(12,13)11(9)10/h1-3H. The Bertz CT molecular complexity index is 425. The van der Waals surface area contributed by atoms with Gasteiger partial charge in [0.05, 0.1) is 10.0 Å². The third-order valence-electron chi connectivity index (χ3n) is 1.36. The van der Waals surface area contributed by atoms with E-state index in [2.05, 4.69) is 0 Å². The predicted octanol–water partition coefficient (Wildman–Crippen LogP) is 3.29. The Morgan fingerprint density at radius 3 is 1.86 bits per heavy atom. The fourth-order valence-corrected chi connectivity index (χ4v) is 2.96. The topological polar surface area (TPSA) is 37.4 Å². The maximum absolute atomic E-state index is 11.5. The summed E-state index contributed by atoms with van der Waals surface area (Å²) in [5, 5.41) is -0.0763. The molecule has 0 fully saturated rings. The Hall–Kier alpha value is 0.290. The summed E-state index contributed by atoms with van der Waals surface area (Å²) in [6.07, 6.45) is 0. The molecule has 0 radical (unpaired) electrons. The minimum atomic E-state index is -4.04. The molecule has 14 heavy (non-hydrogen) atoms. The van der Waals surface area contributed by atoms with Crippen LogP contribution in [-0.2, 0) is 10.0 Å². The van der Waals surface area contributed by atoms with Crippen molar-refractivity contribution >= 4 is 56.8 Å². The van der Waals surface area contributed by atoms with Crippen LogP contribution in [0.4, 0.5) is 0 Å². The van der Waals surface area contributed by atoms with Gasteiger partial charge in [-0.3, -0.25) is 0 Å². The second kappa shape index (κ2) is 4.43. The van der Waals surface area contributed by atoms with Gasteiger partial charge >= 0.3 is 0 Å². The molecule has 0 saturated heterocycles. The fraction of sp³-hybridized carbons (Fsp3) is 0. The average Bonchev–Trinajstić information content (AvgIpc) is 2.02. The molecule has 1 aromatic carbocycles. The molecule has 0 aliphatic heterocycles. The largest absolute Gasteiger partial charge is 0.273 e. The van der Waals surface area contributed by atoms with Crippen molar-refractivity contribution in [3.05, 3.63) is 28.2 Å². The zero-order chi connectivity index (χ0) is 10.9. The summed E-state index contributed by atoms with van der Waals surface area (Å²) in [6, 6.07) is 4.26. The second-order valence-corrected chi connectivity index (χ2v) is 6.02. The minimum absolute atomic E-state index is 0.0140. The molecular formula is C6H3Cl4NO2S. The Balaban J connectivity index is 3.48. The van der Waals surface area contributed by atoms with E-state index in [4.69, 9.17) is 46.8 Å². The first-order valence-electron chi connectivity index (χ1n) is 3.18. The molecule has 78 valence electrons. The molecule has 0 heterocycles. The average molecular weight is 295 g/mol. The van der Waals surface area contributed by atoms with Crippen LogP contribution in [0, 0.1) is 0 Å². The van der Waals surface area contributed by atoms with Gasteiger partial charge in [-0.25, -0.2) is 8.42 Å². The molecule has 0 aliphatic carbocycles. The van der Waals surface area contributed by atoms with Crippen molar-refractivity contribution in [2.75, 3.05) is 0 Å². The normalized spacial score (nSPS) is 12.1. The van der Waals surface area contributed by atoms with E-state index >= 15 is 0 Å². The molecule has 1 rings (SSSR count). The number of sulfonamides is 1. The molecule has 8 heteroatoms. The van der Waals surface area contributed by atoms with Crippen LogP contribution in [0.15, 0.2) is 23.1 Å². The first-order chi connectivity index (χ1) is 6.37. The van der Waals surface area contributed by atoms with Crippen LogP contribution in [-0.4, -0.2) is 11.8 Å². The van der Waals surface area contributed by atoms with Gasteiger partial charge in [0.25, 0.3) is 10.0 Å². The molecule has 0 unspecified atom stereocenters. The number of halogens is 4. The van der Waals surface area contributed by atoms with Gasteiger partial charge in [-0.1, -0.05) is 29.3 Å².